The number of nitrogens with zero attached hydrogens (tertiary/aromatic N) is 2. The molecule has 0 unspecified atom stereocenters. The molecule has 2 aliphatic carbocycles. The number of rotatable bonds is 10. The molecule has 2 saturated carbocycles. The minimum Gasteiger partial charge on any atom is -0.494 e. The first-order valence-corrected chi connectivity index (χ1v) is 20.8. The van der Waals surface area contributed by atoms with E-state index < -0.39 is 98.3 Å². The van der Waals surface area contributed by atoms with E-state index in [2.05, 4.69) is 20.3 Å². The molecule has 1 aromatic carbocycles. The average molecular weight is 844 g/mol. The SMILES string of the molecule is CC[C@@H]1O[C@H](C)CC/C=C\[C@@H]2C[C@@]2(C(=O)NS(=O)(=O)C2(C)CC2)NC(=O)[C@@H]2C[C@@H](Oc3nccc4cc(OC)c(F)cc34)CN2C(=O)[C@H]1NC(=O)OC(C)(C)C(F)F.[HH].[HH].[HH]. The number of alkyl carbamates (subject to hydrolysis) is 1. The maximum Gasteiger partial charge on any atom is 0.408 e. The Hall–Kier alpha value is -4.65. The molecule has 3 N–H and O–H groups in total. The van der Waals surface area contributed by atoms with Crippen LogP contribution in [0.3, 0.4) is 0 Å². The van der Waals surface area contributed by atoms with Crippen molar-refractivity contribution >= 4 is 44.6 Å². The van der Waals surface area contributed by atoms with Gasteiger partial charge < -0.3 is 34.5 Å². The Bertz CT molecular complexity index is 2100. The molecular formula is C39H56F3N5O10S. The Morgan fingerprint density at radius 2 is 1.95 bits per heavy atom. The number of benzene rings is 1. The largest absolute Gasteiger partial charge is 0.494 e. The summed E-state index contributed by atoms with van der Waals surface area (Å²) in [6.45, 7) is 6.73. The van der Waals surface area contributed by atoms with Gasteiger partial charge in [-0.25, -0.2) is 31.4 Å². The van der Waals surface area contributed by atoms with E-state index >= 15 is 0 Å². The zero-order valence-electron chi connectivity index (χ0n) is 33.2. The van der Waals surface area contributed by atoms with Crippen molar-refractivity contribution in [1.82, 2.24) is 25.2 Å². The normalized spacial score (nSPS) is 29.2. The Morgan fingerprint density at radius 1 is 1.22 bits per heavy atom. The lowest BCUT2D eigenvalue weighted by molar-refractivity contribution is -0.145. The van der Waals surface area contributed by atoms with Gasteiger partial charge in [-0.2, -0.15) is 0 Å². The fourth-order valence-electron chi connectivity index (χ4n) is 7.30. The van der Waals surface area contributed by atoms with Gasteiger partial charge in [0.15, 0.2) is 17.2 Å². The smallest absolute Gasteiger partial charge is 0.408 e. The van der Waals surface area contributed by atoms with Crippen LogP contribution >= 0.6 is 0 Å². The number of hydrogen-bond acceptors (Lipinski definition) is 11. The van der Waals surface area contributed by atoms with Crippen LogP contribution in [0.1, 0.15) is 83.8 Å². The van der Waals surface area contributed by atoms with E-state index in [1.165, 1.54) is 32.4 Å². The van der Waals surface area contributed by atoms with E-state index in [0.717, 1.165) is 18.7 Å². The van der Waals surface area contributed by atoms with Crippen molar-refractivity contribution in [3.8, 4) is 11.6 Å². The van der Waals surface area contributed by atoms with Crippen LogP contribution in [-0.2, 0) is 33.9 Å². The van der Waals surface area contributed by atoms with E-state index in [9.17, 15) is 40.8 Å². The van der Waals surface area contributed by atoms with Crippen LogP contribution in [0.4, 0.5) is 18.0 Å². The molecule has 19 heteroatoms. The van der Waals surface area contributed by atoms with Crippen molar-refractivity contribution in [2.45, 2.75) is 132 Å². The molecule has 1 saturated heterocycles. The van der Waals surface area contributed by atoms with Crippen LogP contribution in [0.2, 0.25) is 0 Å². The van der Waals surface area contributed by atoms with Gasteiger partial charge >= 0.3 is 6.09 Å². The minimum atomic E-state index is -4.10. The van der Waals surface area contributed by atoms with Crippen LogP contribution in [0, 0.1) is 11.7 Å². The first-order valence-electron chi connectivity index (χ1n) is 19.3. The molecule has 6 rings (SSSR count). The third-order valence-corrected chi connectivity index (χ3v) is 13.6. The van der Waals surface area contributed by atoms with E-state index in [0.29, 0.717) is 31.1 Å². The molecule has 0 spiro atoms. The first-order chi connectivity index (χ1) is 27.2. The Morgan fingerprint density at radius 3 is 2.60 bits per heavy atom. The molecule has 4 amide bonds. The van der Waals surface area contributed by atoms with Crippen molar-refractivity contribution in [2.75, 3.05) is 13.7 Å². The van der Waals surface area contributed by atoms with E-state index in [-0.39, 0.29) is 47.1 Å². The van der Waals surface area contributed by atoms with Gasteiger partial charge in [-0.15, -0.1) is 0 Å². The summed E-state index contributed by atoms with van der Waals surface area (Å²) >= 11 is 0. The number of alkyl halides is 2. The number of allylic oxidation sites excluding steroid dienone is 1. The maximum absolute atomic E-state index is 14.9. The van der Waals surface area contributed by atoms with Gasteiger partial charge in [0, 0.05) is 28.2 Å². The number of amides is 4. The standard InChI is InChI=1S/C39H50F3N5O10S.3H2/c1-7-28-30(44-36(51)57-37(3,4)34(41)42)33(49)47-20-24(56-32-25-18-26(40)29(54-6)16-22(25)12-15-43-32)17-27(47)31(48)45-39(19-23(39)11-9-8-10-21(2)55-28)35(50)46-58(52,53)38(5)13-14-38;;;/h9,11-12,15-16,18,21,23-24,27-28,30,34H,7-8,10,13-14,17,19-20H2,1-6H3,(H,44,51)(H,45,48)(H,46,50);3*1H/b11-9-;;;/t21-,23-,24-,27+,28+,30+,39-;;;/m1.../s1. The summed E-state index contributed by atoms with van der Waals surface area (Å²) in [6.07, 6.45) is -0.269. The Labute approximate surface area is 339 Å². The highest BCUT2D eigenvalue weighted by Crippen LogP contribution is 2.47. The quantitative estimate of drug-likeness (QED) is 0.273. The van der Waals surface area contributed by atoms with Gasteiger partial charge in [0.2, 0.25) is 27.7 Å². The third kappa shape index (κ3) is 8.70. The predicted molar refractivity (Wildman–Crippen MR) is 209 cm³/mol. The lowest BCUT2D eigenvalue weighted by atomic mass is 10.0. The topological polar surface area (TPSA) is 192 Å². The van der Waals surface area contributed by atoms with Crippen molar-refractivity contribution < 1.29 is 64.0 Å². The monoisotopic (exact) mass is 843 g/mol. The van der Waals surface area contributed by atoms with Gasteiger partial charge in [0.25, 0.3) is 12.3 Å². The van der Waals surface area contributed by atoms with Crippen molar-refractivity contribution in [3.05, 3.63) is 42.4 Å². The highest BCUT2D eigenvalue weighted by Gasteiger charge is 2.63. The van der Waals surface area contributed by atoms with E-state index in [1.54, 1.807) is 32.1 Å². The molecule has 0 radical (unpaired) electrons. The number of halogens is 3. The fourth-order valence-corrected chi connectivity index (χ4v) is 8.61. The second kappa shape index (κ2) is 16.2. The molecule has 2 aromatic rings. The second-order valence-corrected chi connectivity index (χ2v) is 18.5. The summed E-state index contributed by atoms with van der Waals surface area (Å²) in [5.74, 6) is -3.89. The number of fused-ring (bicyclic) bond motifs is 3. The first kappa shape index (κ1) is 42.9. The van der Waals surface area contributed by atoms with Crippen LogP contribution < -0.4 is 24.8 Å². The molecule has 3 fully saturated rings. The summed E-state index contributed by atoms with van der Waals surface area (Å²) < 4.78 is 92.5. The molecule has 15 nitrogen and oxygen atoms in total. The number of carbonyl (C=O) groups is 4. The zero-order chi connectivity index (χ0) is 42.4. The Balaban J connectivity index is 0.00000331. The molecule has 4 aliphatic rings. The highest BCUT2D eigenvalue weighted by atomic mass is 32.2. The third-order valence-electron chi connectivity index (χ3n) is 11.4. The number of sulfonamides is 1. The Kier molecular flexibility index (Phi) is 12.0. The predicted octanol–water partition coefficient (Wildman–Crippen LogP) is 5.01. The van der Waals surface area contributed by atoms with Crippen molar-refractivity contribution in [3.63, 3.8) is 0 Å². The van der Waals surface area contributed by atoms with E-state index in [1.807, 2.05) is 0 Å². The van der Waals surface area contributed by atoms with Gasteiger partial charge in [0.05, 0.1) is 30.6 Å². The lowest BCUT2D eigenvalue weighted by Gasteiger charge is -2.34. The molecule has 2 aliphatic heterocycles. The van der Waals surface area contributed by atoms with Crippen LogP contribution in [0.15, 0.2) is 36.5 Å². The molecular weight excluding hydrogens is 788 g/mol. The van der Waals surface area contributed by atoms with Gasteiger partial charge in [0.1, 0.15) is 23.7 Å². The van der Waals surface area contributed by atoms with Gasteiger partial charge in [-0.1, -0.05) is 19.1 Å². The summed E-state index contributed by atoms with van der Waals surface area (Å²) in [4.78, 5) is 61.8. The second-order valence-electron chi connectivity index (χ2n) is 16.3. The van der Waals surface area contributed by atoms with Gasteiger partial charge in [-0.3, -0.25) is 19.1 Å². The number of hydrogen-bond donors (Lipinski definition) is 3. The number of aromatic nitrogens is 1. The lowest BCUT2D eigenvalue weighted by Crippen LogP contribution is -2.61. The van der Waals surface area contributed by atoms with Crippen LogP contribution in [-0.4, -0.2) is 108 Å². The number of ether oxygens (including phenoxy) is 4. The molecule has 324 valence electrons. The number of carbonyl (C=O) groups excluding carboxylic acids is 4. The fraction of sp³-hybridized carbons (Fsp3) is 0.615. The number of pyridine rings is 1. The average Bonchev–Trinajstić information content (AvgIpc) is 4.04. The van der Waals surface area contributed by atoms with E-state index in [4.69, 9.17) is 18.9 Å². The number of nitrogens with one attached hydrogen (secondary N) is 3. The maximum atomic E-state index is 14.9. The molecule has 0 bridgehead atoms. The number of methoxy groups -OCH3 is 1. The zero-order valence-corrected chi connectivity index (χ0v) is 34.0. The molecule has 58 heavy (non-hydrogen) atoms. The summed E-state index contributed by atoms with van der Waals surface area (Å²) in [7, 11) is -2.78. The molecule has 1 aromatic heterocycles. The summed E-state index contributed by atoms with van der Waals surface area (Å²) in [5.41, 5.74) is -3.90. The summed E-state index contributed by atoms with van der Waals surface area (Å²) in [5, 5.41) is 5.98. The van der Waals surface area contributed by atoms with Crippen LogP contribution in [0.5, 0.6) is 11.6 Å². The van der Waals surface area contributed by atoms with Crippen LogP contribution in [0.25, 0.3) is 10.8 Å². The van der Waals surface area contributed by atoms with Gasteiger partial charge in [-0.05, 0) is 89.8 Å². The molecule has 7 atom stereocenters. The summed E-state index contributed by atoms with van der Waals surface area (Å²) in [6, 6.07) is 1.31. The highest BCUT2D eigenvalue weighted by molar-refractivity contribution is 7.91. The van der Waals surface area contributed by atoms with Crippen molar-refractivity contribution in [1.29, 1.82) is 0 Å². The minimum absolute atomic E-state index is 0. The van der Waals surface area contributed by atoms with Crippen molar-refractivity contribution in [2.24, 2.45) is 5.92 Å². The molecule has 3 heterocycles.